The standard InChI is InChI=1S/C8H18N2/c1-3-10-7-5-4-6-8(2)9/h4,6,8,10H,3,5,7,9H2,1-2H3/b6-4+. The molecule has 0 amide bonds. The van der Waals surface area contributed by atoms with Crippen LogP contribution in [0.1, 0.15) is 20.3 Å². The maximum Gasteiger partial charge on any atom is 0.0194 e. The van der Waals surface area contributed by atoms with E-state index in [9.17, 15) is 0 Å². The van der Waals surface area contributed by atoms with Gasteiger partial charge in [0.1, 0.15) is 0 Å². The third kappa shape index (κ3) is 7.66. The average Bonchev–Trinajstić information content (AvgIpc) is 1.87. The number of hydrogen-bond donors (Lipinski definition) is 2. The Morgan fingerprint density at radius 3 is 2.80 bits per heavy atom. The maximum atomic E-state index is 5.50. The van der Waals surface area contributed by atoms with Crippen LogP contribution in [-0.2, 0) is 0 Å². The predicted octanol–water partition coefficient (Wildman–Crippen LogP) is 0.889. The fraction of sp³-hybridized carbons (Fsp3) is 0.750. The normalized spacial score (nSPS) is 14.3. The second-order valence-electron chi connectivity index (χ2n) is 2.43. The Hall–Kier alpha value is -0.340. The van der Waals surface area contributed by atoms with Gasteiger partial charge < -0.3 is 11.1 Å². The molecule has 0 aliphatic heterocycles. The first-order chi connectivity index (χ1) is 4.77. The van der Waals surface area contributed by atoms with Gasteiger partial charge >= 0.3 is 0 Å². The molecule has 0 spiro atoms. The van der Waals surface area contributed by atoms with Gasteiger partial charge in [0.25, 0.3) is 0 Å². The van der Waals surface area contributed by atoms with Gasteiger partial charge in [-0.15, -0.1) is 0 Å². The molecule has 0 fully saturated rings. The molecular formula is C8H18N2. The van der Waals surface area contributed by atoms with Crippen LogP contribution in [0.3, 0.4) is 0 Å². The lowest BCUT2D eigenvalue weighted by Crippen LogP contribution is -2.14. The quantitative estimate of drug-likeness (QED) is 0.442. The first kappa shape index (κ1) is 9.66. The summed E-state index contributed by atoms with van der Waals surface area (Å²) in [5.74, 6) is 0. The number of rotatable bonds is 5. The highest BCUT2D eigenvalue weighted by Gasteiger charge is 1.82. The van der Waals surface area contributed by atoms with Crippen LogP contribution in [0.2, 0.25) is 0 Å². The third-order valence-electron chi connectivity index (χ3n) is 1.18. The number of nitrogens with two attached hydrogens (primary N) is 1. The molecule has 0 saturated carbocycles. The van der Waals surface area contributed by atoms with Crippen LogP contribution in [0.25, 0.3) is 0 Å². The van der Waals surface area contributed by atoms with Crippen LogP contribution >= 0.6 is 0 Å². The summed E-state index contributed by atoms with van der Waals surface area (Å²) in [6.45, 7) is 6.19. The highest BCUT2D eigenvalue weighted by Crippen LogP contribution is 1.83. The van der Waals surface area contributed by atoms with Crippen molar-refractivity contribution in [2.75, 3.05) is 13.1 Å². The molecule has 0 aromatic carbocycles. The van der Waals surface area contributed by atoms with E-state index in [4.69, 9.17) is 5.73 Å². The van der Waals surface area contributed by atoms with Crippen LogP contribution in [0.15, 0.2) is 12.2 Å². The van der Waals surface area contributed by atoms with Gasteiger partial charge in [-0.2, -0.15) is 0 Å². The van der Waals surface area contributed by atoms with Crippen LogP contribution < -0.4 is 11.1 Å². The van der Waals surface area contributed by atoms with Gasteiger partial charge in [-0.25, -0.2) is 0 Å². The number of nitrogens with one attached hydrogen (secondary N) is 1. The van der Waals surface area contributed by atoms with E-state index in [2.05, 4.69) is 18.3 Å². The first-order valence-electron chi connectivity index (χ1n) is 3.90. The molecule has 2 heteroatoms. The predicted molar refractivity (Wildman–Crippen MR) is 46.0 cm³/mol. The van der Waals surface area contributed by atoms with Gasteiger partial charge in [0, 0.05) is 6.04 Å². The lowest BCUT2D eigenvalue weighted by molar-refractivity contribution is 0.724. The largest absolute Gasteiger partial charge is 0.325 e. The number of hydrogen-bond acceptors (Lipinski definition) is 2. The topological polar surface area (TPSA) is 38.0 Å². The Morgan fingerprint density at radius 1 is 1.60 bits per heavy atom. The second kappa shape index (κ2) is 6.78. The van der Waals surface area contributed by atoms with E-state index < -0.39 is 0 Å². The zero-order valence-electron chi connectivity index (χ0n) is 6.93. The van der Waals surface area contributed by atoms with E-state index in [1.807, 2.05) is 13.0 Å². The third-order valence-corrected chi connectivity index (χ3v) is 1.18. The Morgan fingerprint density at radius 2 is 2.30 bits per heavy atom. The second-order valence-corrected chi connectivity index (χ2v) is 2.43. The monoisotopic (exact) mass is 142 g/mol. The van der Waals surface area contributed by atoms with Crippen LogP contribution in [0.4, 0.5) is 0 Å². The van der Waals surface area contributed by atoms with Gasteiger partial charge in [-0.1, -0.05) is 19.1 Å². The molecular weight excluding hydrogens is 124 g/mol. The zero-order chi connectivity index (χ0) is 7.82. The van der Waals surface area contributed by atoms with Crippen LogP contribution in [0, 0.1) is 0 Å². The van der Waals surface area contributed by atoms with Crippen molar-refractivity contribution >= 4 is 0 Å². The van der Waals surface area contributed by atoms with Crippen LogP contribution in [-0.4, -0.2) is 19.1 Å². The van der Waals surface area contributed by atoms with Gasteiger partial charge in [-0.05, 0) is 26.4 Å². The molecule has 0 heterocycles. The van der Waals surface area contributed by atoms with Crippen molar-refractivity contribution in [3.05, 3.63) is 12.2 Å². The minimum Gasteiger partial charge on any atom is -0.325 e. The molecule has 0 aliphatic rings. The molecule has 0 radical (unpaired) electrons. The lowest BCUT2D eigenvalue weighted by Gasteiger charge is -1.96. The fourth-order valence-corrected chi connectivity index (χ4v) is 0.673. The Balaban J connectivity index is 3.02. The van der Waals surface area contributed by atoms with Crippen molar-refractivity contribution in [3.8, 4) is 0 Å². The fourth-order valence-electron chi connectivity index (χ4n) is 0.673. The molecule has 1 atom stereocenters. The molecule has 0 saturated heterocycles. The van der Waals surface area contributed by atoms with Crippen molar-refractivity contribution < 1.29 is 0 Å². The van der Waals surface area contributed by atoms with Crippen molar-refractivity contribution in [1.82, 2.24) is 5.32 Å². The van der Waals surface area contributed by atoms with Gasteiger partial charge in [0.05, 0.1) is 0 Å². The molecule has 10 heavy (non-hydrogen) atoms. The summed E-state index contributed by atoms with van der Waals surface area (Å²) in [5, 5.41) is 3.23. The first-order valence-corrected chi connectivity index (χ1v) is 3.90. The lowest BCUT2D eigenvalue weighted by atomic mass is 10.3. The highest BCUT2D eigenvalue weighted by molar-refractivity contribution is 4.88. The average molecular weight is 142 g/mol. The molecule has 0 aliphatic carbocycles. The van der Waals surface area contributed by atoms with Gasteiger partial charge in [-0.3, -0.25) is 0 Å². The minimum atomic E-state index is 0.196. The summed E-state index contributed by atoms with van der Waals surface area (Å²) < 4.78 is 0. The van der Waals surface area contributed by atoms with E-state index in [1.54, 1.807) is 0 Å². The summed E-state index contributed by atoms with van der Waals surface area (Å²) >= 11 is 0. The molecule has 60 valence electrons. The van der Waals surface area contributed by atoms with Crippen LogP contribution in [0.5, 0.6) is 0 Å². The summed E-state index contributed by atoms with van der Waals surface area (Å²) in [7, 11) is 0. The van der Waals surface area contributed by atoms with E-state index in [0.29, 0.717) is 0 Å². The molecule has 2 nitrogen and oxygen atoms in total. The molecule has 1 unspecified atom stereocenters. The Bertz CT molecular complexity index is 87.3. The SMILES string of the molecule is CCNCC/C=C/C(C)N. The molecule has 3 N–H and O–H groups in total. The van der Waals surface area contributed by atoms with Crippen molar-refractivity contribution in [1.29, 1.82) is 0 Å². The van der Waals surface area contributed by atoms with Gasteiger partial charge in [0.2, 0.25) is 0 Å². The van der Waals surface area contributed by atoms with E-state index in [0.717, 1.165) is 19.5 Å². The van der Waals surface area contributed by atoms with Gasteiger partial charge in [0.15, 0.2) is 0 Å². The maximum absolute atomic E-state index is 5.50. The van der Waals surface area contributed by atoms with Crippen molar-refractivity contribution in [3.63, 3.8) is 0 Å². The molecule has 0 bridgehead atoms. The summed E-state index contributed by atoms with van der Waals surface area (Å²) in [6.07, 6.45) is 5.22. The summed E-state index contributed by atoms with van der Waals surface area (Å²) in [6, 6.07) is 0.196. The Kier molecular flexibility index (Phi) is 6.55. The molecule has 0 aromatic rings. The van der Waals surface area contributed by atoms with E-state index in [1.165, 1.54) is 0 Å². The van der Waals surface area contributed by atoms with Crippen molar-refractivity contribution in [2.45, 2.75) is 26.3 Å². The van der Waals surface area contributed by atoms with E-state index >= 15 is 0 Å². The summed E-state index contributed by atoms with van der Waals surface area (Å²) in [4.78, 5) is 0. The highest BCUT2D eigenvalue weighted by atomic mass is 14.8. The zero-order valence-corrected chi connectivity index (χ0v) is 6.93. The summed E-state index contributed by atoms with van der Waals surface area (Å²) in [5.41, 5.74) is 5.50. The van der Waals surface area contributed by atoms with E-state index in [-0.39, 0.29) is 6.04 Å². The van der Waals surface area contributed by atoms with Crippen molar-refractivity contribution in [2.24, 2.45) is 5.73 Å². The molecule has 0 rings (SSSR count). The minimum absolute atomic E-state index is 0.196. The molecule has 0 aromatic heterocycles. The Labute approximate surface area is 63.5 Å². The smallest absolute Gasteiger partial charge is 0.0194 e.